The van der Waals surface area contributed by atoms with E-state index in [1.54, 1.807) is 17.5 Å². The summed E-state index contributed by atoms with van der Waals surface area (Å²) in [5.74, 6) is 0. The molecule has 0 amide bonds. The summed E-state index contributed by atoms with van der Waals surface area (Å²) in [6.07, 6.45) is 1.80. The standard InChI is InChI=1S/C3H2INS/c4-3-5-1-2-6-3/h1-2H. The second kappa shape index (κ2) is 1.88. The van der Waals surface area contributed by atoms with Gasteiger partial charge < -0.3 is 0 Å². The fraction of sp³-hybridized carbons (Fsp3) is 0. The van der Waals surface area contributed by atoms with Crippen LogP contribution >= 0.6 is 33.9 Å². The smallest absolute Gasteiger partial charge is 0.153 e. The molecule has 0 N–H and O–H groups in total. The fourth-order valence-electron chi connectivity index (χ4n) is 0.206. The lowest BCUT2D eigenvalue weighted by molar-refractivity contribution is 1.38. The van der Waals surface area contributed by atoms with Gasteiger partial charge in [-0.2, -0.15) is 0 Å². The van der Waals surface area contributed by atoms with Crippen LogP contribution in [0.1, 0.15) is 0 Å². The van der Waals surface area contributed by atoms with Gasteiger partial charge in [-0.05, 0) is 22.6 Å². The van der Waals surface area contributed by atoms with E-state index >= 15 is 0 Å². The van der Waals surface area contributed by atoms with Gasteiger partial charge in [0.05, 0.1) is 0 Å². The van der Waals surface area contributed by atoms with E-state index in [0.717, 1.165) is 3.01 Å². The van der Waals surface area contributed by atoms with E-state index < -0.39 is 0 Å². The molecule has 0 bridgehead atoms. The van der Waals surface area contributed by atoms with Crippen LogP contribution in [0.15, 0.2) is 11.6 Å². The highest BCUT2D eigenvalue weighted by molar-refractivity contribution is 14.1. The average molecular weight is 211 g/mol. The van der Waals surface area contributed by atoms with E-state index in [2.05, 4.69) is 27.6 Å². The fourth-order valence-corrected chi connectivity index (χ4v) is 1.16. The zero-order valence-corrected chi connectivity index (χ0v) is 5.86. The molecular weight excluding hydrogens is 209 g/mol. The molecule has 0 aliphatic rings. The van der Waals surface area contributed by atoms with Crippen LogP contribution < -0.4 is 0 Å². The van der Waals surface area contributed by atoms with Gasteiger partial charge in [-0.15, -0.1) is 11.3 Å². The van der Waals surface area contributed by atoms with Crippen LogP contribution in [0.4, 0.5) is 0 Å². The summed E-state index contributed by atoms with van der Waals surface area (Å²) < 4.78 is 1.10. The first-order chi connectivity index (χ1) is 2.89. The molecule has 0 aliphatic carbocycles. The molecule has 1 aromatic rings. The lowest BCUT2D eigenvalue weighted by Gasteiger charge is -1.62. The Balaban J connectivity index is 3.05. The summed E-state index contributed by atoms with van der Waals surface area (Å²) in [6, 6.07) is 0. The number of aromatic nitrogens is 1. The Bertz CT molecular complexity index is 114. The van der Waals surface area contributed by atoms with Gasteiger partial charge >= 0.3 is 0 Å². The number of thiazole rings is 1. The van der Waals surface area contributed by atoms with Crippen LogP contribution in [-0.2, 0) is 0 Å². The molecule has 0 atom stereocenters. The zero-order valence-electron chi connectivity index (χ0n) is 2.89. The summed E-state index contributed by atoms with van der Waals surface area (Å²) >= 11 is 3.84. The minimum absolute atomic E-state index is 1.10. The molecule has 0 spiro atoms. The van der Waals surface area contributed by atoms with Gasteiger partial charge in [0, 0.05) is 11.6 Å². The van der Waals surface area contributed by atoms with E-state index in [0.29, 0.717) is 0 Å². The first-order valence-corrected chi connectivity index (χ1v) is 3.40. The molecule has 0 saturated heterocycles. The number of hydrogen-bond acceptors (Lipinski definition) is 2. The molecule has 0 radical (unpaired) electrons. The normalized spacial score (nSPS) is 8.83. The van der Waals surface area contributed by atoms with Crippen molar-refractivity contribution in [1.82, 2.24) is 4.98 Å². The molecule has 6 heavy (non-hydrogen) atoms. The van der Waals surface area contributed by atoms with E-state index in [9.17, 15) is 0 Å². The first-order valence-electron chi connectivity index (χ1n) is 1.44. The molecule has 3 heteroatoms. The number of nitrogens with zero attached hydrogens (tertiary/aromatic N) is 1. The molecule has 1 nitrogen and oxygen atoms in total. The first kappa shape index (κ1) is 4.52. The predicted octanol–water partition coefficient (Wildman–Crippen LogP) is 1.75. The maximum Gasteiger partial charge on any atom is 0.153 e. The maximum absolute atomic E-state index is 3.92. The van der Waals surface area contributed by atoms with Crippen LogP contribution in [0.25, 0.3) is 0 Å². The molecule has 1 rings (SSSR count). The van der Waals surface area contributed by atoms with Crippen molar-refractivity contribution in [1.29, 1.82) is 0 Å². The van der Waals surface area contributed by atoms with Gasteiger partial charge in [0.1, 0.15) is 0 Å². The van der Waals surface area contributed by atoms with E-state index in [4.69, 9.17) is 0 Å². The topological polar surface area (TPSA) is 12.9 Å². The molecule has 1 aromatic heterocycles. The Morgan fingerprint density at radius 2 is 2.67 bits per heavy atom. The summed E-state index contributed by atoms with van der Waals surface area (Å²) in [6.45, 7) is 0. The van der Waals surface area contributed by atoms with Crippen molar-refractivity contribution >= 4 is 33.9 Å². The highest BCUT2D eigenvalue weighted by atomic mass is 127. The Morgan fingerprint density at radius 3 is 2.83 bits per heavy atom. The Hall–Kier alpha value is 0.360. The largest absolute Gasteiger partial charge is 0.239 e. The van der Waals surface area contributed by atoms with Gasteiger partial charge in [0.25, 0.3) is 0 Å². The summed E-state index contributed by atoms with van der Waals surface area (Å²) in [5, 5.41) is 1.96. The van der Waals surface area contributed by atoms with Crippen molar-refractivity contribution in [2.45, 2.75) is 0 Å². The van der Waals surface area contributed by atoms with Gasteiger partial charge in [-0.25, -0.2) is 4.98 Å². The SMILES string of the molecule is Ic1nccs1. The second-order valence-corrected chi connectivity index (χ2v) is 3.43. The summed E-state index contributed by atoms with van der Waals surface area (Å²) in [7, 11) is 0. The third kappa shape index (κ3) is 0.909. The molecule has 1 heterocycles. The second-order valence-electron chi connectivity index (χ2n) is 0.785. The lowest BCUT2D eigenvalue weighted by atomic mass is 11.0. The zero-order chi connectivity index (χ0) is 4.41. The molecule has 0 aromatic carbocycles. The molecule has 0 unspecified atom stereocenters. The Kier molecular flexibility index (Phi) is 1.42. The highest BCUT2D eigenvalue weighted by Crippen LogP contribution is 2.05. The monoisotopic (exact) mass is 211 g/mol. The third-order valence-corrected chi connectivity index (χ3v) is 2.00. The third-order valence-electron chi connectivity index (χ3n) is 0.402. The van der Waals surface area contributed by atoms with Gasteiger partial charge in [0.15, 0.2) is 3.01 Å². The Labute approximate surface area is 53.6 Å². The van der Waals surface area contributed by atoms with E-state index in [1.807, 2.05) is 5.38 Å². The van der Waals surface area contributed by atoms with Crippen molar-refractivity contribution in [2.75, 3.05) is 0 Å². The lowest BCUT2D eigenvalue weighted by Crippen LogP contribution is -1.54. The summed E-state index contributed by atoms with van der Waals surface area (Å²) in [4.78, 5) is 3.92. The van der Waals surface area contributed by atoms with E-state index in [1.165, 1.54) is 0 Å². The van der Waals surface area contributed by atoms with Gasteiger partial charge in [-0.3, -0.25) is 0 Å². The van der Waals surface area contributed by atoms with Gasteiger partial charge in [-0.1, -0.05) is 0 Å². The molecule has 0 aliphatic heterocycles. The number of hydrogen-bond donors (Lipinski definition) is 0. The van der Waals surface area contributed by atoms with Crippen LogP contribution in [0.3, 0.4) is 0 Å². The number of halogens is 1. The Morgan fingerprint density at radius 1 is 1.83 bits per heavy atom. The molecule has 32 valence electrons. The number of rotatable bonds is 0. The summed E-state index contributed by atoms with van der Waals surface area (Å²) in [5.41, 5.74) is 0. The van der Waals surface area contributed by atoms with Gasteiger partial charge in [0.2, 0.25) is 0 Å². The van der Waals surface area contributed by atoms with Crippen molar-refractivity contribution in [3.05, 3.63) is 14.6 Å². The maximum atomic E-state index is 3.92. The van der Waals surface area contributed by atoms with E-state index in [-0.39, 0.29) is 0 Å². The minimum Gasteiger partial charge on any atom is -0.239 e. The quantitative estimate of drug-likeness (QED) is 0.595. The van der Waals surface area contributed by atoms with Crippen molar-refractivity contribution in [2.24, 2.45) is 0 Å². The van der Waals surface area contributed by atoms with Crippen LogP contribution in [0.2, 0.25) is 0 Å². The van der Waals surface area contributed by atoms with Crippen LogP contribution in [-0.4, -0.2) is 4.98 Å². The predicted molar refractivity (Wildman–Crippen MR) is 34.8 cm³/mol. The average Bonchev–Trinajstić information content (AvgIpc) is 1.86. The minimum atomic E-state index is 1.10. The van der Waals surface area contributed by atoms with Crippen molar-refractivity contribution in [3.8, 4) is 0 Å². The van der Waals surface area contributed by atoms with Crippen LogP contribution in [0, 0.1) is 3.01 Å². The molecular formula is C3H2INS. The molecule has 0 saturated carbocycles. The van der Waals surface area contributed by atoms with Crippen molar-refractivity contribution in [3.63, 3.8) is 0 Å². The molecule has 0 fully saturated rings. The van der Waals surface area contributed by atoms with Crippen molar-refractivity contribution < 1.29 is 0 Å². The van der Waals surface area contributed by atoms with Crippen LogP contribution in [0.5, 0.6) is 0 Å². The highest BCUT2D eigenvalue weighted by Gasteiger charge is 1.78.